The summed E-state index contributed by atoms with van der Waals surface area (Å²) in [6, 6.07) is 20.2. The van der Waals surface area contributed by atoms with Crippen molar-refractivity contribution in [2.24, 2.45) is 0 Å². The first-order valence-electron chi connectivity index (χ1n) is 8.23. The number of aromatic amines is 1. The molecule has 0 amide bonds. The number of hydrogen-bond donors (Lipinski definition) is 1. The smallest absolute Gasteiger partial charge is 0.177 e. The molecule has 26 heavy (non-hydrogen) atoms. The topological polar surface area (TPSA) is 50.8 Å². The van der Waals surface area contributed by atoms with Gasteiger partial charge in [0.25, 0.3) is 0 Å². The van der Waals surface area contributed by atoms with Crippen molar-refractivity contribution in [2.45, 2.75) is 13.0 Å². The summed E-state index contributed by atoms with van der Waals surface area (Å²) in [6.45, 7) is 4.40. The molecular weight excluding hydrogens is 417 g/mol. The van der Waals surface area contributed by atoms with Crippen LogP contribution in [0.2, 0.25) is 0 Å². The van der Waals surface area contributed by atoms with E-state index in [2.05, 4.69) is 46.1 Å². The molecule has 0 spiro atoms. The summed E-state index contributed by atoms with van der Waals surface area (Å²) in [5.41, 5.74) is 4.88. The monoisotopic (exact) mass is 434 g/mol. The largest absolute Gasteiger partial charge is 0.489 e. The summed E-state index contributed by atoms with van der Waals surface area (Å²) in [6.07, 6.45) is 2.46. The Kier molecular flexibility index (Phi) is 5.82. The van der Waals surface area contributed by atoms with Gasteiger partial charge >= 0.3 is 0 Å². The molecule has 134 valence electrons. The van der Waals surface area contributed by atoms with Crippen molar-refractivity contribution in [1.29, 1.82) is 0 Å². The zero-order valence-corrected chi connectivity index (χ0v) is 15.6. The number of H-pyrrole nitrogens is 1. The van der Waals surface area contributed by atoms with Crippen LogP contribution in [0.15, 0.2) is 66.9 Å². The van der Waals surface area contributed by atoms with E-state index in [0.29, 0.717) is 13.0 Å². The van der Waals surface area contributed by atoms with Gasteiger partial charge in [0.1, 0.15) is 12.4 Å². The Labute approximate surface area is 166 Å². The summed E-state index contributed by atoms with van der Waals surface area (Å²) in [7, 11) is 0. The van der Waals surface area contributed by atoms with Crippen LogP contribution in [-0.2, 0) is 33.5 Å². The van der Waals surface area contributed by atoms with Gasteiger partial charge in [0.05, 0.1) is 11.3 Å². The van der Waals surface area contributed by atoms with Crippen LogP contribution >= 0.6 is 0 Å². The van der Waals surface area contributed by atoms with E-state index >= 15 is 0 Å². The number of ether oxygens (including phenoxy) is 1. The first-order valence-corrected chi connectivity index (χ1v) is 8.23. The molecule has 0 unspecified atom stereocenters. The van der Waals surface area contributed by atoms with E-state index in [1.807, 2.05) is 42.6 Å². The van der Waals surface area contributed by atoms with Gasteiger partial charge in [0.15, 0.2) is 5.65 Å². The summed E-state index contributed by atoms with van der Waals surface area (Å²) in [4.78, 5) is 12.1. The van der Waals surface area contributed by atoms with Gasteiger partial charge in [0.2, 0.25) is 0 Å². The number of pyridine rings is 1. The van der Waals surface area contributed by atoms with Crippen molar-refractivity contribution in [3.63, 3.8) is 0 Å². The molecule has 0 bridgehead atoms. The first kappa shape index (κ1) is 18.3. The predicted octanol–water partition coefficient (Wildman–Crippen LogP) is 4.58. The maximum absolute atomic E-state index is 5.91. The molecule has 4 rings (SSSR count). The molecule has 0 aliphatic carbocycles. The fraction of sp³-hybridized carbons (Fsp3) is 0.0952. The molecular formula is C21H18N3OPd-. The minimum atomic E-state index is 0. The number of nitrogens with one attached hydrogen (secondary N) is 1. The van der Waals surface area contributed by atoms with Gasteiger partial charge in [-0.15, -0.1) is 6.42 Å². The molecule has 0 saturated carbocycles. The summed E-state index contributed by atoms with van der Waals surface area (Å²) >= 11 is 0. The van der Waals surface area contributed by atoms with Crippen molar-refractivity contribution >= 4 is 11.2 Å². The Morgan fingerprint density at radius 2 is 1.81 bits per heavy atom. The van der Waals surface area contributed by atoms with Gasteiger partial charge in [-0.25, -0.2) is 9.97 Å². The van der Waals surface area contributed by atoms with E-state index in [1.165, 1.54) is 0 Å². The van der Waals surface area contributed by atoms with Crippen LogP contribution in [0.3, 0.4) is 0 Å². The van der Waals surface area contributed by atoms with E-state index in [9.17, 15) is 0 Å². The Morgan fingerprint density at radius 3 is 2.62 bits per heavy atom. The molecule has 1 N–H and O–H groups in total. The van der Waals surface area contributed by atoms with Crippen LogP contribution in [0.5, 0.6) is 5.75 Å². The van der Waals surface area contributed by atoms with Crippen LogP contribution in [0.25, 0.3) is 22.3 Å². The minimum Gasteiger partial charge on any atom is -0.489 e. The number of hydrogen-bond acceptors (Lipinski definition) is 3. The zero-order chi connectivity index (χ0) is 17.1. The standard InChI is InChI=1S/C21H18N3O.Pd/c1-2-20-23-19-12-17(13-22-21(19)24-20)16-9-6-10-18(11-16)25-14-15-7-4-3-5-8-15;/h3-13H,1-2,14H2,(H,22,23,24);/q-1;. The Balaban J connectivity index is 0.00000196. The third kappa shape index (κ3) is 4.01. The average molecular weight is 435 g/mol. The maximum atomic E-state index is 5.91. The van der Waals surface area contributed by atoms with Gasteiger partial charge < -0.3 is 16.6 Å². The van der Waals surface area contributed by atoms with Crippen LogP contribution in [-0.4, -0.2) is 15.0 Å². The molecule has 0 aliphatic rings. The molecule has 0 radical (unpaired) electrons. The second-order valence-corrected chi connectivity index (χ2v) is 5.83. The van der Waals surface area contributed by atoms with E-state index in [4.69, 9.17) is 4.74 Å². The number of fused-ring (bicyclic) bond motifs is 1. The third-order valence-electron chi connectivity index (χ3n) is 4.04. The number of benzene rings is 2. The Morgan fingerprint density at radius 1 is 0.962 bits per heavy atom. The second-order valence-electron chi connectivity index (χ2n) is 5.83. The second kappa shape index (κ2) is 8.27. The average Bonchev–Trinajstić information content (AvgIpc) is 3.10. The van der Waals surface area contributed by atoms with Crippen molar-refractivity contribution in [1.82, 2.24) is 15.0 Å². The molecule has 4 nitrogen and oxygen atoms in total. The van der Waals surface area contributed by atoms with E-state index in [-0.39, 0.29) is 20.4 Å². The van der Waals surface area contributed by atoms with E-state index in [1.54, 1.807) is 0 Å². The van der Waals surface area contributed by atoms with Gasteiger partial charge in [0, 0.05) is 32.2 Å². The van der Waals surface area contributed by atoms with Gasteiger partial charge in [-0.05, 0) is 29.3 Å². The molecule has 2 aromatic heterocycles. The SMILES string of the molecule is [CH2-]Cc1nc2ncc(-c3cccc(OCc4ccccc4)c3)cc2[nH]1.[Pd]. The molecule has 0 atom stereocenters. The van der Waals surface area contributed by atoms with E-state index < -0.39 is 0 Å². The first-order chi connectivity index (χ1) is 12.3. The molecule has 0 fully saturated rings. The molecule has 0 aliphatic heterocycles. The van der Waals surface area contributed by atoms with Crippen LogP contribution < -0.4 is 4.74 Å². The summed E-state index contributed by atoms with van der Waals surface area (Å²) < 4.78 is 5.91. The zero-order valence-electron chi connectivity index (χ0n) is 14.1. The number of aromatic nitrogens is 3. The van der Waals surface area contributed by atoms with Crippen molar-refractivity contribution in [2.75, 3.05) is 0 Å². The molecule has 0 saturated heterocycles. The van der Waals surface area contributed by atoms with Crippen LogP contribution in [0, 0.1) is 6.92 Å². The number of imidazole rings is 1. The fourth-order valence-electron chi connectivity index (χ4n) is 2.73. The van der Waals surface area contributed by atoms with Crippen LogP contribution in [0.4, 0.5) is 0 Å². The normalized spacial score (nSPS) is 10.5. The van der Waals surface area contributed by atoms with Gasteiger partial charge in [-0.2, -0.15) is 0 Å². The maximum Gasteiger partial charge on any atom is 0.177 e. The van der Waals surface area contributed by atoms with Crippen molar-refractivity contribution < 1.29 is 25.2 Å². The molecule has 4 aromatic rings. The minimum absolute atomic E-state index is 0. The fourth-order valence-corrected chi connectivity index (χ4v) is 2.73. The molecule has 5 heteroatoms. The predicted molar refractivity (Wildman–Crippen MR) is 99.2 cm³/mol. The summed E-state index contributed by atoms with van der Waals surface area (Å²) in [5, 5.41) is 0. The Bertz CT molecular complexity index is 999. The molecule has 2 aromatic carbocycles. The third-order valence-corrected chi connectivity index (χ3v) is 4.04. The van der Waals surface area contributed by atoms with Crippen molar-refractivity contribution in [3.05, 3.63) is 85.2 Å². The van der Waals surface area contributed by atoms with Gasteiger partial charge in [-0.3, -0.25) is 0 Å². The Hall–Kier alpha value is -2.48. The van der Waals surface area contributed by atoms with Crippen LogP contribution in [0.1, 0.15) is 11.4 Å². The van der Waals surface area contributed by atoms with Gasteiger partial charge in [-0.1, -0.05) is 42.5 Å². The van der Waals surface area contributed by atoms with E-state index in [0.717, 1.165) is 39.4 Å². The number of rotatable bonds is 5. The number of nitrogens with zero attached hydrogens (tertiary/aromatic N) is 2. The molecule has 2 heterocycles. The van der Waals surface area contributed by atoms with Crippen molar-refractivity contribution in [3.8, 4) is 16.9 Å². The summed E-state index contributed by atoms with van der Waals surface area (Å²) in [5.74, 6) is 1.68. The quantitative estimate of drug-likeness (QED) is 0.369.